The average molecular weight is 431 g/mol. The number of rotatable bonds is 8. The van der Waals surface area contributed by atoms with Crippen molar-refractivity contribution < 1.29 is 27.8 Å². The van der Waals surface area contributed by atoms with Crippen LogP contribution in [0.4, 0.5) is 14.5 Å². The molecule has 0 saturated heterocycles. The minimum atomic E-state index is -2.88. The first-order valence-electron chi connectivity index (χ1n) is 9.54. The van der Waals surface area contributed by atoms with Crippen molar-refractivity contribution in [2.24, 2.45) is 7.05 Å². The fourth-order valence-corrected chi connectivity index (χ4v) is 3.21. The van der Waals surface area contributed by atoms with Gasteiger partial charge in [-0.2, -0.15) is 8.78 Å². The minimum absolute atomic E-state index is 0.0671. The van der Waals surface area contributed by atoms with Gasteiger partial charge in [0.15, 0.2) is 5.69 Å². The molecule has 0 aliphatic carbocycles. The van der Waals surface area contributed by atoms with Crippen LogP contribution in [0.3, 0.4) is 0 Å². The standard InChI is InChI=1S/C22H23F2N3O4/c1-4-30-21(28)19-20(16-10-9-15(29-3)12-17(16)25)27(2)18(26-19)11-13-5-7-14(8-6-13)31-22(23)24/h5-10,12,22H,4,11,25H2,1-3H3. The molecular formula is C22H23F2N3O4. The molecule has 7 nitrogen and oxygen atoms in total. The van der Waals surface area contributed by atoms with Crippen LogP contribution in [0, 0.1) is 0 Å². The zero-order valence-electron chi connectivity index (χ0n) is 17.4. The Hall–Kier alpha value is -3.62. The molecule has 0 aliphatic heterocycles. The summed E-state index contributed by atoms with van der Waals surface area (Å²) in [6.45, 7) is -0.967. The number of hydrogen-bond donors (Lipinski definition) is 1. The molecule has 0 atom stereocenters. The summed E-state index contributed by atoms with van der Waals surface area (Å²) in [4.78, 5) is 17.1. The van der Waals surface area contributed by atoms with Crippen LogP contribution in [0.25, 0.3) is 11.3 Å². The maximum Gasteiger partial charge on any atom is 0.387 e. The van der Waals surface area contributed by atoms with Gasteiger partial charge in [-0.05, 0) is 36.8 Å². The second-order valence-electron chi connectivity index (χ2n) is 6.66. The van der Waals surface area contributed by atoms with Crippen LogP contribution in [-0.4, -0.2) is 35.8 Å². The summed E-state index contributed by atoms with van der Waals surface area (Å²) in [6, 6.07) is 11.4. The van der Waals surface area contributed by atoms with E-state index in [-0.39, 0.29) is 18.1 Å². The predicted molar refractivity (Wildman–Crippen MR) is 111 cm³/mol. The largest absolute Gasteiger partial charge is 0.497 e. The van der Waals surface area contributed by atoms with Gasteiger partial charge in [-0.1, -0.05) is 12.1 Å². The summed E-state index contributed by atoms with van der Waals surface area (Å²) in [7, 11) is 3.32. The van der Waals surface area contributed by atoms with Crippen LogP contribution in [0.5, 0.6) is 11.5 Å². The number of ether oxygens (including phenoxy) is 3. The Kier molecular flexibility index (Phi) is 6.74. The van der Waals surface area contributed by atoms with Gasteiger partial charge in [0.05, 0.1) is 19.4 Å². The number of alkyl halides is 2. The molecule has 3 rings (SSSR count). The normalized spacial score (nSPS) is 10.9. The van der Waals surface area contributed by atoms with E-state index in [1.165, 1.54) is 19.2 Å². The molecule has 2 aromatic carbocycles. The van der Waals surface area contributed by atoms with Gasteiger partial charge in [-0.25, -0.2) is 9.78 Å². The Labute approximate surface area is 178 Å². The Morgan fingerprint density at radius 1 is 1.16 bits per heavy atom. The fraction of sp³-hybridized carbons (Fsp3) is 0.273. The van der Waals surface area contributed by atoms with Gasteiger partial charge in [0.1, 0.15) is 17.3 Å². The smallest absolute Gasteiger partial charge is 0.387 e. The van der Waals surface area contributed by atoms with Gasteiger partial charge in [-0.15, -0.1) is 0 Å². The predicted octanol–water partition coefficient (Wildman–Crippen LogP) is 4.05. The SMILES string of the molecule is CCOC(=O)c1nc(Cc2ccc(OC(F)F)cc2)n(C)c1-c1ccc(OC)cc1N. The van der Waals surface area contributed by atoms with Gasteiger partial charge >= 0.3 is 12.6 Å². The van der Waals surface area contributed by atoms with Gasteiger partial charge in [0.25, 0.3) is 0 Å². The number of nitrogen functional groups attached to an aromatic ring is 1. The number of carbonyl (C=O) groups excluding carboxylic acids is 1. The van der Waals surface area contributed by atoms with E-state index in [4.69, 9.17) is 15.2 Å². The molecular weight excluding hydrogens is 408 g/mol. The second-order valence-corrected chi connectivity index (χ2v) is 6.66. The Balaban J connectivity index is 2.01. The van der Waals surface area contributed by atoms with E-state index in [1.807, 2.05) is 0 Å². The van der Waals surface area contributed by atoms with Gasteiger partial charge < -0.3 is 24.5 Å². The van der Waals surface area contributed by atoms with E-state index < -0.39 is 12.6 Å². The molecule has 9 heteroatoms. The lowest BCUT2D eigenvalue weighted by Crippen LogP contribution is -2.08. The molecule has 3 aromatic rings. The number of nitrogens with two attached hydrogens (primary N) is 1. The first kappa shape index (κ1) is 22.1. The van der Waals surface area contributed by atoms with E-state index in [0.717, 1.165) is 5.56 Å². The summed E-state index contributed by atoms with van der Waals surface area (Å²) in [6.07, 6.45) is 0.355. The summed E-state index contributed by atoms with van der Waals surface area (Å²) in [5.74, 6) is 0.677. The number of esters is 1. The molecule has 0 unspecified atom stereocenters. The molecule has 1 aromatic heterocycles. The second kappa shape index (κ2) is 9.46. The highest BCUT2D eigenvalue weighted by atomic mass is 19.3. The van der Waals surface area contributed by atoms with Gasteiger partial charge in [0.2, 0.25) is 0 Å². The van der Waals surface area contributed by atoms with Crippen molar-refractivity contribution in [2.45, 2.75) is 20.0 Å². The van der Waals surface area contributed by atoms with Crippen LogP contribution in [-0.2, 0) is 18.2 Å². The van der Waals surface area contributed by atoms with E-state index in [1.54, 1.807) is 48.9 Å². The molecule has 1 heterocycles. The fourth-order valence-electron chi connectivity index (χ4n) is 3.21. The van der Waals surface area contributed by atoms with Crippen molar-refractivity contribution in [3.63, 3.8) is 0 Å². The summed E-state index contributed by atoms with van der Waals surface area (Å²) in [5, 5.41) is 0. The van der Waals surface area contributed by atoms with Gasteiger partial charge in [0, 0.05) is 30.8 Å². The molecule has 2 N–H and O–H groups in total. The first-order valence-corrected chi connectivity index (χ1v) is 9.54. The minimum Gasteiger partial charge on any atom is -0.497 e. The average Bonchev–Trinajstić information content (AvgIpc) is 3.05. The lowest BCUT2D eigenvalue weighted by molar-refractivity contribution is -0.0498. The molecule has 0 spiro atoms. The highest BCUT2D eigenvalue weighted by molar-refractivity contribution is 5.96. The molecule has 0 radical (unpaired) electrons. The third-order valence-electron chi connectivity index (χ3n) is 4.68. The number of methoxy groups -OCH3 is 1. The van der Waals surface area contributed by atoms with E-state index in [2.05, 4.69) is 9.72 Å². The molecule has 0 bridgehead atoms. The number of anilines is 1. The van der Waals surface area contributed by atoms with Crippen molar-refractivity contribution >= 4 is 11.7 Å². The Morgan fingerprint density at radius 3 is 2.42 bits per heavy atom. The quantitative estimate of drug-likeness (QED) is 0.428. The molecule has 0 fully saturated rings. The monoisotopic (exact) mass is 431 g/mol. The van der Waals surface area contributed by atoms with Crippen molar-refractivity contribution in [1.82, 2.24) is 9.55 Å². The third kappa shape index (κ3) is 4.93. The highest BCUT2D eigenvalue weighted by Gasteiger charge is 2.24. The maximum atomic E-state index is 12.6. The first-order chi connectivity index (χ1) is 14.8. The van der Waals surface area contributed by atoms with Crippen LogP contribution >= 0.6 is 0 Å². The number of imidazole rings is 1. The van der Waals surface area contributed by atoms with Crippen LogP contribution in [0.1, 0.15) is 28.8 Å². The number of halogens is 2. The number of benzene rings is 2. The van der Waals surface area contributed by atoms with Crippen molar-refractivity contribution in [3.8, 4) is 22.8 Å². The zero-order valence-corrected chi connectivity index (χ0v) is 17.4. The van der Waals surface area contributed by atoms with E-state index >= 15 is 0 Å². The van der Waals surface area contributed by atoms with Gasteiger partial charge in [-0.3, -0.25) is 0 Å². The number of nitrogens with zero attached hydrogens (tertiary/aromatic N) is 2. The topological polar surface area (TPSA) is 88.6 Å². The lowest BCUT2D eigenvalue weighted by atomic mass is 10.1. The Morgan fingerprint density at radius 2 is 1.84 bits per heavy atom. The van der Waals surface area contributed by atoms with E-state index in [0.29, 0.717) is 34.9 Å². The Bertz CT molecular complexity index is 1070. The highest BCUT2D eigenvalue weighted by Crippen LogP contribution is 2.33. The van der Waals surface area contributed by atoms with Crippen molar-refractivity contribution in [2.75, 3.05) is 19.5 Å². The third-order valence-corrected chi connectivity index (χ3v) is 4.68. The number of aromatic nitrogens is 2. The summed E-state index contributed by atoms with van der Waals surface area (Å²) >= 11 is 0. The summed E-state index contributed by atoms with van der Waals surface area (Å²) in [5.41, 5.74) is 8.72. The molecule has 31 heavy (non-hydrogen) atoms. The molecule has 0 aliphatic rings. The van der Waals surface area contributed by atoms with Crippen LogP contribution in [0.15, 0.2) is 42.5 Å². The van der Waals surface area contributed by atoms with E-state index in [9.17, 15) is 13.6 Å². The zero-order chi connectivity index (χ0) is 22.5. The molecule has 0 amide bonds. The van der Waals surface area contributed by atoms with Crippen molar-refractivity contribution in [1.29, 1.82) is 0 Å². The summed E-state index contributed by atoms with van der Waals surface area (Å²) < 4.78 is 41.2. The van der Waals surface area contributed by atoms with Crippen molar-refractivity contribution in [3.05, 3.63) is 59.5 Å². The molecule has 0 saturated carbocycles. The van der Waals surface area contributed by atoms with Crippen LogP contribution in [0.2, 0.25) is 0 Å². The lowest BCUT2D eigenvalue weighted by Gasteiger charge is -2.11. The maximum absolute atomic E-state index is 12.6. The number of hydrogen-bond acceptors (Lipinski definition) is 6. The number of carbonyl (C=O) groups is 1. The van der Waals surface area contributed by atoms with Crippen LogP contribution < -0.4 is 15.2 Å². The molecule has 164 valence electrons.